The van der Waals surface area contributed by atoms with Crippen molar-refractivity contribution in [2.45, 2.75) is 13.5 Å². The first-order valence-electron chi connectivity index (χ1n) is 7.90. The maximum atomic E-state index is 5.38. The van der Waals surface area contributed by atoms with E-state index in [-0.39, 0.29) is 0 Å². The molecule has 8 heteroatoms. The Hall–Kier alpha value is -2.32. The number of aryl methyl sites for hydroxylation is 1. The summed E-state index contributed by atoms with van der Waals surface area (Å²) in [6.07, 6.45) is 3.47. The lowest BCUT2D eigenvalue weighted by Gasteiger charge is -2.33. The van der Waals surface area contributed by atoms with Crippen molar-refractivity contribution in [2.24, 2.45) is 0 Å². The van der Waals surface area contributed by atoms with Crippen molar-refractivity contribution < 1.29 is 4.52 Å². The molecule has 1 aliphatic rings. The molecule has 1 aliphatic heterocycles. The Morgan fingerprint density at radius 3 is 2.79 bits per heavy atom. The van der Waals surface area contributed by atoms with E-state index < -0.39 is 0 Å². The second-order valence-corrected chi connectivity index (χ2v) is 6.62. The molecule has 0 N–H and O–H groups in total. The van der Waals surface area contributed by atoms with Gasteiger partial charge in [0.2, 0.25) is 11.7 Å². The topological polar surface area (TPSA) is 71.2 Å². The van der Waals surface area contributed by atoms with Crippen LogP contribution >= 0.6 is 11.3 Å². The second kappa shape index (κ2) is 6.66. The average Bonchev–Trinajstić information content (AvgIpc) is 3.26. The number of thiazole rings is 1. The van der Waals surface area contributed by atoms with E-state index in [0.717, 1.165) is 42.6 Å². The van der Waals surface area contributed by atoms with Crippen LogP contribution in [0.2, 0.25) is 0 Å². The Morgan fingerprint density at radius 2 is 2.08 bits per heavy atom. The summed E-state index contributed by atoms with van der Waals surface area (Å²) in [6, 6.07) is 3.79. The fourth-order valence-corrected chi connectivity index (χ4v) is 3.56. The Kier molecular flexibility index (Phi) is 4.22. The fraction of sp³-hybridized carbons (Fsp3) is 0.375. The van der Waals surface area contributed by atoms with E-state index in [1.165, 1.54) is 0 Å². The molecule has 3 aromatic heterocycles. The highest BCUT2D eigenvalue weighted by molar-refractivity contribution is 7.13. The van der Waals surface area contributed by atoms with Crippen molar-refractivity contribution in [1.29, 1.82) is 0 Å². The van der Waals surface area contributed by atoms with Gasteiger partial charge in [0.1, 0.15) is 0 Å². The van der Waals surface area contributed by atoms with Crippen LogP contribution in [0.15, 0.2) is 34.4 Å². The van der Waals surface area contributed by atoms with Gasteiger partial charge in [-0.15, -0.1) is 11.3 Å². The smallest absolute Gasteiger partial charge is 0.241 e. The molecule has 1 fully saturated rings. The maximum absolute atomic E-state index is 5.38. The van der Waals surface area contributed by atoms with Gasteiger partial charge in [-0.2, -0.15) is 4.98 Å². The molecule has 0 aromatic carbocycles. The van der Waals surface area contributed by atoms with Crippen molar-refractivity contribution in [3.05, 3.63) is 41.5 Å². The molecule has 124 valence electrons. The SMILES string of the molecule is Cc1csc(N2CCN(Cc3nc(-c4cccnc4)no3)CC2)n1. The van der Waals surface area contributed by atoms with E-state index in [4.69, 9.17) is 4.52 Å². The van der Waals surface area contributed by atoms with E-state index >= 15 is 0 Å². The molecule has 0 amide bonds. The molecule has 1 saturated heterocycles. The zero-order valence-electron chi connectivity index (χ0n) is 13.4. The highest BCUT2D eigenvalue weighted by Gasteiger charge is 2.21. The van der Waals surface area contributed by atoms with E-state index in [2.05, 4.69) is 35.3 Å². The molecule has 7 nitrogen and oxygen atoms in total. The highest BCUT2D eigenvalue weighted by atomic mass is 32.1. The molecule has 0 aliphatic carbocycles. The van der Waals surface area contributed by atoms with Gasteiger partial charge in [0.05, 0.1) is 12.2 Å². The number of hydrogen-bond donors (Lipinski definition) is 0. The van der Waals surface area contributed by atoms with Gasteiger partial charge in [-0.1, -0.05) is 5.16 Å². The number of pyridine rings is 1. The third kappa shape index (κ3) is 3.29. The van der Waals surface area contributed by atoms with Crippen LogP contribution in [-0.4, -0.2) is 51.2 Å². The lowest BCUT2D eigenvalue weighted by molar-refractivity contribution is 0.215. The van der Waals surface area contributed by atoms with Gasteiger partial charge in [-0.25, -0.2) is 4.98 Å². The molecule has 0 atom stereocenters. The number of rotatable bonds is 4. The number of hydrogen-bond acceptors (Lipinski definition) is 8. The van der Waals surface area contributed by atoms with Gasteiger partial charge in [0, 0.05) is 49.5 Å². The summed E-state index contributed by atoms with van der Waals surface area (Å²) in [4.78, 5) is 17.8. The standard InChI is InChI=1S/C16H18N6OS/c1-12-11-24-16(18-12)22-7-5-21(6-8-22)10-14-19-15(20-23-14)13-3-2-4-17-9-13/h2-4,9,11H,5-8,10H2,1H3. The molecule has 4 heterocycles. The van der Waals surface area contributed by atoms with Crippen LogP contribution in [-0.2, 0) is 6.54 Å². The van der Waals surface area contributed by atoms with E-state index in [1.807, 2.05) is 19.1 Å². The lowest BCUT2D eigenvalue weighted by atomic mass is 10.3. The van der Waals surface area contributed by atoms with Gasteiger partial charge >= 0.3 is 0 Å². The zero-order chi connectivity index (χ0) is 16.4. The molecule has 0 radical (unpaired) electrons. The minimum Gasteiger partial charge on any atom is -0.346 e. The van der Waals surface area contributed by atoms with Crippen molar-refractivity contribution in [1.82, 2.24) is 25.0 Å². The third-order valence-corrected chi connectivity index (χ3v) is 5.02. The van der Waals surface area contributed by atoms with Crippen LogP contribution < -0.4 is 4.90 Å². The summed E-state index contributed by atoms with van der Waals surface area (Å²) in [5.41, 5.74) is 1.96. The van der Waals surface area contributed by atoms with Crippen molar-refractivity contribution >= 4 is 16.5 Å². The fourth-order valence-electron chi connectivity index (χ4n) is 2.71. The number of anilines is 1. The highest BCUT2D eigenvalue weighted by Crippen LogP contribution is 2.22. The summed E-state index contributed by atoms with van der Waals surface area (Å²) in [7, 11) is 0. The first-order chi connectivity index (χ1) is 11.8. The first kappa shape index (κ1) is 15.2. The largest absolute Gasteiger partial charge is 0.346 e. The molecule has 4 rings (SSSR count). The van der Waals surface area contributed by atoms with Crippen LogP contribution in [0.25, 0.3) is 11.4 Å². The van der Waals surface area contributed by atoms with Crippen LogP contribution in [0.3, 0.4) is 0 Å². The Labute approximate surface area is 144 Å². The molecule has 0 bridgehead atoms. The molecular weight excluding hydrogens is 324 g/mol. The molecule has 0 saturated carbocycles. The monoisotopic (exact) mass is 342 g/mol. The van der Waals surface area contributed by atoms with E-state index in [9.17, 15) is 0 Å². The summed E-state index contributed by atoms with van der Waals surface area (Å²) in [6.45, 7) is 6.57. The van der Waals surface area contributed by atoms with Crippen LogP contribution in [0.4, 0.5) is 5.13 Å². The molecule has 0 spiro atoms. The van der Waals surface area contributed by atoms with Gasteiger partial charge < -0.3 is 9.42 Å². The first-order valence-corrected chi connectivity index (χ1v) is 8.78. The predicted molar refractivity (Wildman–Crippen MR) is 91.9 cm³/mol. The van der Waals surface area contributed by atoms with Gasteiger partial charge in [-0.05, 0) is 19.1 Å². The molecule has 3 aromatic rings. The Morgan fingerprint density at radius 1 is 1.21 bits per heavy atom. The number of nitrogens with zero attached hydrogens (tertiary/aromatic N) is 6. The number of aromatic nitrogens is 4. The van der Waals surface area contributed by atoms with Crippen LogP contribution in [0.1, 0.15) is 11.6 Å². The van der Waals surface area contributed by atoms with Crippen LogP contribution in [0.5, 0.6) is 0 Å². The minimum atomic E-state index is 0.593. The predicted octanol–water partition coefficient (Wildman–Crippen LogP) is 2.22. The number of piperazine rings is 1. The average molecular weight is 342 g/mol. The zero-order valence-corrected chi connectivity index (χ0v) is 14.2. The second-order valence-electron chi connectivity index (χ2n) is 5.79. The summed E-state index contributed by atoms with van der Waals surface area (Å²) in [5.74, 6) is 1.24. The van der Waals surface area contributed by atoms with Crippen LogP contribution in [0, 0.1) is 6.92 Å². The van der Waals surface area contributed by atoms with Gasteiger partial charge in [0.15, 0.2) is 5.13 Å². The lowest BCUT2D eigenvalue weighted by Crippen LogP contribution is -2.46. The molecule has 24 heavy (non-hydrogen) atoms. The summed E-state index contributed by atoms with van der Waals surface area (Å²) < 4.78 is 5.38. The van der Waals surface area contributed by atoms with E-state index in [1.54, 1.807) is 23.7 Å². The van der Waals surface area contributed by atoms with Gasteiger partial charge in [-0.3, -0.25) is 9.88 Å². The maximum Gasteiger partial charge on any atom is 0.241 e. The van der Waals surface area contributed by atoms with E-state index in [0.29, 0.717) is 18.3 Å². The quantitative estimate of drug-likeness (QED) is 0.720. The summed E-state index contributed by atoms with van der Waals surface area (Å²) >= 11 is 1.71. The molecular formula is C16H18N6OS. The van der Waals surface area contributed by atoms with Gasteiger partial charge in [0.25, 0.3) is 0 Å². The third-order valence-electron chi connectivity index (χ3n) is 4.00. The van der Waals surface area contributed by atoms with Crippen molar-refractivity contribution in [3.8, 4) is 11.4 Å². The van der Waals surface area contributed by atoms with Crippen molar-refractivity contribution in [3.63, 3.8) is 0 Å². The Balaban J connectivity index is 1.35. The normalized spacial score (nSPS) is 15.8. The van der Waals surface area contributed by atoms with Crippen molar-refractivity contribution in [2.75, 3.05) is 31.1 Å². The summed E-state index contributed by atoms with van der Waals surface area (Å²) in [5, 5.41) is 7.26. The minimum absolute atomic E-state index is 0.593. The Bertz CT molecular complexity index is 794. The molecule has 0 unspecified atom stereocenters.